The van der Waals surface area contributed by atoms with Crippen LogP contribution in [-0.4, -0.2) is 17.2 Å². The molecular formula is C15H11F2NO4. The van der Waals surface area contributed by atoms with Crippen LogP contribution < -0.4 is 5.32 Å². The molecule has 7 heteroatoms. The fraction of sp³-hybridized carbons (Fsp3) is 0.0667. The van der Waals surface area contributed by atoms with Gasteiger partial charge in [0.15, 0.2) is 0 Å². The number of halogens is 2. The van der Waals surface area contributed by atoms with E-state index >= 15 is 0 Å². The summed E-state index contributed by atoms with van der Waals surface area (Å²) in [7, 11) is 0. The highest BCUT2D eigenvalue weighted by atomic mass is 19.1. The van der Waals surface area contributed by atoms with Crippen LogP contribution in [0.1, 0.15) is 15.9 Å². The molecule has 0 heterocycles. The molecule has 0 atom stereocenters. The van der Waals surface area contributed by atoms with E-state index in [0.29, 0.717) is 12.1 Å². The molecule has 2 rings (SSSR count). The quantitative estimate of drug-likeness (QED) is 0.907. The lowest BCUT2D eigenvalue weighted by Gasteiger charge is -2.08. The Balaban J connectivity index is 2.01. The van der Waals surface area contributed by atoms with Crippen molar-refractivity contribution in [2.24, 2.45) is 0 Å². The minimum absolute atomic E-state index is 0.00908. The molecule has 2 N–H and O–H groups in total. The van der Waals surface area contributed by atoms with Gasteiger partial charge in [0.2, 0.25) is 0 Å². The standard InChI is InChI=1S/C15H11F2NO4/c16-11-6-10(7-12(17)13(11)14(19)20)18-15(21)22-8-9-4-2-1-3-5-9/h1-7H,8H2,(H,18,21)(H,19,20). The van der Waals surface area contributed by atoms with Crippen LogP contribution in [0.15, 0.2) is 42.5 Å². The molecule has 22 heavy (non-hydrogen) atoms. The summed E-state index contributed by atoms with van der Waals surface area (Å²) >= 11 is 0. The van der Waals surface area contributed by atoms with E-state index < -0.39 is 29.3 Å². The first-order valence-corrected chi connectivity index (χ1v) is 6.17. The molecule has 0 bridgehead atoms. The van der Waals surface area contributed by atoms with Crippen LogP contribution in [-0.2, 0) is 11.3 Å². The van der Waals surface area contributed by atoms with Crippen LogP contribution in [0, 0.1) is 11.6 Å². The van der Waals surface area contributed by atoms with Crippen LogP contribution in [0.2, 0.25) is 0 Å². The zero-order valence-corrected chi connectivity index (χ0v) is 11.2. The first-order chi connectivity index (χ1) is 10.5. The lowest BCUT2D eigenvalue weighted by molar-refractivity contribution is 0.0686. The summed E-state index contributed by atoms with van der Waals surface area (Å²) < 4.78 is 31.8. The Morgan fingerprint density at radius 2 is 1.68 bits per heavy atom. The van der Waals surface area contributed by atoms with E-state index in [1.807, 2.05) is 0 Å². The van der Waals surface area contributed by atoms with Gasteiger partial charge in [0, 0.05) is 5.69 Å². The molecule has 0 spiro atoms. The summed E-state index contributed by atoms with van der Waals surface area (Å²) in [4.78, 5) is 22.2. The maximum absolute atomic E-state index is 13.4. The Labute approximate surface area is 124 Å². The molecule has 114 valence electrons. The summed E-state index contributed by atoms with van der Waals surface area (Å²) in [6.07, 6.45) is -0.911. The van der Waals surface area contributed by atoms with Gasteiger partial charge in [0.05, 0.1) is 0 Å². The Morgan fingerprint density at radius 1 is 1.09 bits per heavy atom. The van der Waals surface area contributed by atoms with E-state index in [9.17, 15) is 18.4 Å². The minimum atomic E-state index is -1.73. The zero-order chi connectivity index (χ0) is 16.1. The maximum atomic E-state index is 13.4. The minimum Gasteiger partial charge on any atom is -0.477 e. The fourth-order valence-corrected chi connectivity index (χ4v) is 1.73. The van der Waals surface area contributed by atoms with Crippen molar-refractivity contribution in [3.63, 3.8) is 0 Å². The molecule has 2 aromatic rings. The SMILES string of the molecule is O=C(Nc1cc(F)c(C(=O)O)c(F)c1)OCc1ccccc1. The summed E-state index contributed by atoms with van der Waals surface area (Å²) in [6.45, 7) is -0.00908. The van der Waals surface area contributed by atoms with Crippen molar-refractivity contribution in [1.82, 2.24) is 0 Å². The fourth-order valence-electron chi connectivity index (χ4n) is 1.73. The van der Waals surface area contributed by atoms with Crippen LogP contribution >= 0.6 is 0 Å². The number of benzene rings is 2. The maximum Gasteiger partial charge on any atom is 0.411 e. The summed E-state index contributed by atoms with van der Waals surface area (Å²) in [6, 6.07) is 10.2. The van der Waals surface area contributed by atoms with Gasteiger partial charge in [-0.25, -0.2) is 18.4 Å². The average molecular weight is 307 g/mol. The molecule has 0 fully saturated rings. The van der Waals surface area contributed by atoms with Gasteiger partial charge >= 0.3 is 12.1 Å². The van der Waals surface area contributed by atoms with Crippen LogP contribution in [0.5, 0.6) is 0 Å². The number of carboxylic acid groups (broad SMARTS) is 1. The van der Waals surface area contributed by atoms with E-state index in [0.717, 1.165) is 5.56 Å². The molecule has 0 unspecified atom stereocenters. The van der Waals surface area contributed by atoms with Crippen molar-refractivity contribution >= 4 is 17.7 Å². The number of aromatic carboxylic acids is 1. The second kappa shape index (κ2) is 6.66. The average Bonchev–Trinajstić information content (AvgIpc) is 2.45. The largest absolute Gasteiger partial charge is 0.477 e. The van der Waals surface area contributed by atoms with Crippen molar-refractivity contribution in [2.75, 3.05) is 5.32 Å². The molecule has 0 aliphatic carbocycles. The van der Waals surface area contributed by atoms with Gasteiger partial charge in [-0.15, -0.1) is 0 Å². The highest BCUT2D eigenvalue weighted by Crippen LogP contribution is 2.19. The van der Waals surface area contributed by atoms with E-state index in [4.69, 9.17) is 9.84 Å². The number of carbonyl (C=O) groups excluding carboxylic acids is 1. The molecule has 1 amide bonds. The smallest absolute Gasteiger partial charge is 0.411 e. The van der Waals surface area contributed by atoms with E-state index in [1.54, 1.807) is 30.3 Å². The van der Waals surface area contributed by atoms with Crippen molar-refractivity contribution in [1.29, 1.82) is 0 Å². The molecular weight excluding hydrogens is 296 g/mol. The number of ether oxygens (including phenoxy) is 1. The van der Waals surface area contributed by atoms with Crippen molar-refractivity contribution < 1.29 is 28.2 Å². The van der Waals surface area contributed by atoms with E-state index in [2.05, 4.69) is 5.32 Å². The summed E-state index contributed by atoms with van der Waals surface area (Å²) in [5, 5.41) is 10.8. The Morgan fingerprint density at radius 3 is 2.23 bits per heavy atom. The Kier molecular flexibility index (Phi) is 4.67. The van der Waals surface area contributed by atoms with Crippen LogP contribution in [0.4, 0.5) is 19.3 Å². The molecule has 0 saturated heterocycles. The van der Waals surface area contributed by atoms with Crippen molar-refractivity contribution in [2.45, 2.75) is 6.61 Å². The monoisotopic (exact) mass is 307 g/mol. The molecule has 5 nitrogen and oxygen atoms in total. The topological polar surface area (TPSA) is 75.6 Å². The first kappa shape index (κ1) is 15.4. The number of hydrogen-bond acceptors (Lipinski definition) is 3. The second-order valence-electron chi connectivity index (χ2n) is 4.31. The van der Waals surface area contributed by atoms with E-state index in [1.165, 1.54) is 0 Å². The van der Waals surface area contributed by atoms with Gasteiger partial charge < -0.3 is 9.84 Å². The number of carboxylic acids is 1. The summed E-state index contributed by atoms with van der Waals surface area (Å²) in [5.41, 5.74) is -0.572. The third kappa shape index (κ3) is 3.78. The predicted molar refractivity (Wildman–Crippen MR) is 73.6 cm³/mol. The highest BCUT2D eigenvalue weighted by Gasteiger charge is 2.18. The van der Waals surface area contributed by atoms with Gasteiger partial charge in [-0.3, -0.25) is 5.32 Å². The zero-order valence-electron chi connectivity index (χ0n) is 11.2. The van der Waals surface area contributed by atoms with Crippen molar-refractivity contribution in [3.8, 4) is 0 Å². The lowest BCUT2D eigenvalue weighted by atomic mass is 10.2. The number of nitrogens with one attached hydrogen (secondary N) is 1. The molecule has 0 aliphatic heterocycles. The van der Waals surface area contributed by atoms with Crippen molar-refractivity contribution in [3.05, 3.63) is 65.2 Å². The molecule has 0 aliphatic rings. The Hall–Kier alpha value is -2.96. The third-order valence-corrected chi connectivity index (χ3v) is 2.72. The second-order valence-corrected chi connectivity index (χ2v) is 4.31. The number of carbonyl (C=O) groups is 2. The predicted octanol–water partition coefficient (Wildman–Crippen LogP) is 3.41. The Bertz CT molecular complexity index is 681. The molecule has 0 aromatic heterocycles. The molecule has 0 radical (unpaired) electrons. The third-order valence-electron chi connectivity index (χ3n) is 2.72. The molecule has 2 aromatic carbocycles. The number of rotatable bonds is 4. The van der Waals surface area contributed by atoms with Gasteiger partial charge in [-0.2, -0.15) is 0 Å². The molecule has 0 saturated carbocycles. The highest BCUT2D eigenvalue weighted by molar-refractivity contribution is 5.90. The van der Waals surface area contributed by atoms with Gasteiger partial charge in [-0.05, 0) is 17.7 Å². The summed E-state index contributed by atoms with van der Waals surface area (Å²) in [5.74, 6) is -4.30. The first-order valence-electron chi connectivity index (χ1n) is 6.17. The number of amides is 1. The van der Waals surface area contributed by atoms with Crippen LogP contribution in [0.25, 0.3) is 0 Å². The lowest BCUT2D eigenvalue weighted by Crippen LogP contribution is -2.15. The normalized spacial score (nSPS) is 10.1. The van der Waals surface area contributed by atoms with Gasteiger partial charge in [0.25, 0.3) is 0 Å². The number of hydrogen-bond donors (Lipinski definition) is 2. The van der Waals surface area contributed by atoms with Crippen LogP contribution in [0.3, 0.4) is 0 Å². The van der Waals surface area contributed by atoms with E-state index in [-0.39, 0.29) is 12.3 Å². The number of anilines is 1. The van der Waals surface area contributed by atoms with Gasteiger partial charge in [0.1, 0.15) is 23.8 Å². The van der Waals surface area contributed by atoms with Gasteiger partial charge in [-0.1, -0.05) is 30.3 Å².